The van der Waals surface area contributed by atoms with Crippen LogP contribution in [0.2, 0.25) is 0 Å². The van der Waals surface area contributed by atoms with E-state index in [1.165, 1.54) is 54.4 Å². The fourth-order valence-corrected chi connectivity index (χ4v) is 5.35. The van der Waals surface area contributed by atoms with Gasteiger partial charge in [0, 0.05) is 20.8 Å². The quantitative estimate of drug-likeness (QED) is 0.330. The van der Waals surface area contributed by atoms with Crippen molar-refractivity contribution in [1.29, 1.82) is 0 Å². The topological polar surface area (TPSA) is 37.3 Å². The first-order chi connectivity index (χ1) is 13.5. The van der Waals surface area contributed by atoms with Crippen molar-refractivity contribution in [2.45, 2.75) is 70.1 Å². The minimum absolute atomic E-state index is 0.188. The molecule has 1 aliphatic carbocycles. The molecule has 0 unspecified atom stereocenters. The number of hydrogen-bond donors (Lipinski definition) is 1. The SMILES string of the molecule is CCCCCCCCC1(CCC(=O)O)c2cc(Br)ccc2-c2ccc(Br)cc21. The maximum atomic E-state index is 11.5. The molecular formula is C24H28Br2O2. The third-order valence-corrected chi connectivity index (χ3v) is 6.99. The largest absolute Gasteiger partial charge is 0.481 e. The standard InChI is InChI=1S/C24H28Br2O2/c1-2-3-4-5-6-7-13-24(14-12-23(27)28)21-15-17(25)8-10-19(21)20-11-9-18(26)16-22(20)24/h8-11,15-16H,2-7,12-14H2,1H3,(H,27,28). The van der Waals surface area contributed by atoms with Gasteiger partial charge in [0.05, 0.1) is 0 Å². The first-order valence-electron chi connectivity index (χ1n) is 10.3. The number of benzene rings is 2. The van der Waals surface area contributed by atoms with Gasteiger partial charge in [-0.05, 0) is 59.4 Å². The molecule has 3 rings (SSSR count). The van der Waals surface area contributed by atoms with Crippen molar-refractivity contribution >= 4 is 37.8 Å². The summed E-state index contributed by atoms with van der Waals surface area (Å²) in [7, 11) is 0. The van der Waals surface area contributed by atoms with Crippen LogP contribution in [-0.4, -0.2) is 11.1 Å². The zero-order chi connectivity index (χ0) is 20.1. The van der Waals surface area contributed by atoms with Crippen LogP contribution >= 0.6 is 31.9 Å². The lowest BCUT2D eigenvalue weighted by molar-refractivity contribution is -0.137. The van der Waals surface area contributed by atoms with E-state index in [2.05, 4.69) is 75.2 Å². The molecule has 28 heavy (non-hydrogen) atoms. The molecule has 2 nitrogen and oxygen atoms in total. The number of carboxylic acid groups (broad SMARTS) is 1. The van der Waals surface area contributed by atoms with E-state index in [0.717, 1.165) is 21.8 Å². The van der Waals surface area contributed by atoms with E-state index >= 15 is 0 Å². The molecule has 4 heteroatoms. The van der Waals surface area contributed by atoms with E-state index in [1.807, 2.05) is 0 Å². The number of halogens is 2. The van der Waals surface area contributed by atoms with Gasteiger partial charge in [-0.2, -0.15) is 0 Å². The van der Waals surface area contributed by atoms with Crippen LogP contribution in [0, 0.1) is 0 Å². The van der Waals surface area contributed by atoms with Gasteiger partial charge in [-0.1, -0.05) is 89.4 Å². The van der Waals surface area contributed by atoms with Gasteiger partial charge in [0.15, 0.2) is 0 Å². The van der Waals surface area contributed by atoms with Gasteiger partial charge in [0.25, 0.3) is 0 Å². The van der Waals surface area contributed by atoms with Crippen molar-refractivity contribution in [3.8, 4) is 11.1 Å². The van der Waals surface area contributed by atoms with Crippen molar-refractivity contribution in [2.24, 2.45) is 0 Å². The molecular weight excluding hydrogens is 480 g/mol. The van der Waals surface area contributed by atoms with Gasteiger partial charge >= 0.3 is 5.97 Å². The Bertz CT molecular complexity index is 793. The van der Waals surface area contributed by atoms with E-state index < -0.39 is 5.97 Å². The van der Waals surface area contributed by atoms with Crippen molar-refractivity contribution < 1.29 is 9.90 Å². The number of carbonyl (C=O) groups is 1. The Morgan fingerprint density at radius 2 is 1.39 bits per heavy atom. The maximum Gasteiger partial charge on any atom is 0.303 e. The Morgan fingerprint density at radius 1 is 0.857 bits per heavy atom. The molecule has 0 saturated carbocycles. The van der Waals surface area contributed by atoms with Crippen molar-refractivity contribution in [3.63, 3.8) is 0 Å². The average molecular weight is 508 g/mol. The highest BCUT2D eigenvalue weighted by Crippen LogP contribution is 2.55. The predicted octanol–water partition coefficient (Wildman–Crippen LogP) is 8.09. The molecule has 0 spiro atoms. The van der Waals surface area contributed by atoms with Gasteiger partial charge in [0.2, 0.25) is 0 Å². The lowest BCUT2D eigenvalue weighted by Gasteiger charge is -2.32. The Kier molecular flexibility index (Phi) is 7.38. The lowest BCUT2D eigenvalue weighted by atomic mass is 9.71. The van der Waals surface area contributed by atoms with Crippen LogP contribution in [-0.2, 0) is 10.2 Å². The van der Waals surface area contributed by atoms with E-state index in [-0.39, 0.29) is 11.8 Å². The fraction of sp³-hybridized carbons (Fsp3) is 0.458. The first-order valence-corrected chi connectivity index (χ1v) is 11.9. The molecule has 1 aliphatic rings. The Labute approximate surface area is 185 Å². The van der Waals surface area contributed by atoms with Crippen LogP contribution in [0.3, 0.4) is 0 Å². The molecule has 0 aliphatic heterocycles. The summed E-state index contributed by atoms with van der Waals surface area (Å²) in [6.07, 6.45) is 9.28. The zero-order valence-electron chi connectivity index (χ0n) is 16.4. The van der Waals surface area contributed by atoms with Gasteiger partial charge < -0.3 is 5.11 Å². The summed E-state index contributed by atoms with van der Waals surface area (Å²) in [6.45, 7) is 2.24. The first kappa shape index (κ1) is 21.6. The summed E-state index contributed by atoms with van der Waals surface area (Å²) in [5.74, 6) is -0.720. The van der Waals surface area contributed by atoms with Crippen LogP contribution in [0.25, 0.3) is 11.1 Å². The molecule has 0 bridgehead atoms. The van der Waals surface area contributed by atoms with Gasteiger partial charge in [-0.3, -0.25) is 4.79 Å². The van der Waals surface area contributed by atoms with E-state index in [0.29, 0.717) is 6.42 Å². The summed E-state index contributed by atoms with van der Waals surface area (Å²) in [5.41, 5.74) is 4.85. The molecule has 2 aromatic rings. The van der Waals surface area contributed by atoms with E-state index in [1.54, 1.807) is 0 Å². The smallest absolute Gasteiger partial charge is 0.303 e. The molecule has 150 valence electrons. The van der Waals surface area contributed by atoms with E-state index in [4.69, 9.17) is 0 Å². The van der Waals surface area contributed by atoms with Gasteiger partial charge in [-0.15, -0.1) is 0 Å². The zero-order valence-corrected chi connectivity index (χ0v) is 19.6. The molecule has 0 atom stereocenters. The highest BCUT2D eigenvalue weighted by molar-refractivity contribution is 9.10. The summed E-state index contributed by atoms with van der Waals surface area (Å²) >= 11 is 7.28. The van der Waals surface area contributed by atoms with Crippen molar-refractivity contribution in [1.82, 2.24) is 0 Å². The van der Waals surface area contributed by atoms with Crippen LogP contribution in [0.15, 0.2) is 45.3 Å². The van der Waals surface area contributed by atoms with Crippen LogP contribution in [0.1, 0.15) is 75.8 Å². The second kappa shape index (κ2) is 9.58. The minimum Gasteiger partial charge on any atom is -0.481 e. The number of aliphatic carboxylic acids is 1. The highest BCUT2D eigenvalue weighted by Gasteiger charge is 2.42. The molecule has 1 N–H and O–H groups in total. The predicted molar refractivity (Wildman–Crippen MR) is 123 cm³/mol. The summed E-state index contributed by atoms with van der Waals surface area (Å²) in [6, 6.07) is 12.9. The fourth-order valence-electron chi connectivity index (χ4n) is 4.63. The Morgan fingerprint density at radius 3 is 1.93 bits per heavy atom. The molecule has 0 amide bonds. The van der Waals surface area contributed by atoms with E-state index in [9.17, 15) is 9.90 Å². The summed E-state index contributed by atoms with van der Waals surface area (Å²) < 4.78 is 2.11. The van der Waals surface area contributed by atoms with Gasteiger partial charge in [0.1, 0.15) is 0 Å². The van der Waals surface area contributed by atoms with Crippen molar-refractivity contribution in [3.05, 3.63) is 56.5 Å². The molecule has 0 saturated heterocycles. The normalized spacial score (nSPS) is 14.0. The maximum absolute atomic E-state index is 11.5. The second-order valence-corrected chi connectivity index (χ2v) is 9.70. The highest BCUT2D eigenvalue weighted by atomic mass is 79.9. The molecule has 0 heterocycles. The van der Waals surface area contributed by atoms with Gasteiger partial charge in [-0.25, -0.2) is 0 Å². The Hall–Kier alpha value is -1.13. The number of carboxylic acids is 1. The molecule has 0 aromatic heterocycles. The third-order valence-electron chi connectivity index (χ3n) is 6.01. The number of fused-ring (bicyclic) bond motifs is 3. The number of hydrogen-bond acceptors (Lipinski definition) is 1. The average Bonchev–Trinajstić information content (AvgIpc) is 2.92. The number of unbranched alkanes of at least 4 members (excludes halogenated alkanes) is 5. The number of rotatable bonds is 10. The molecule has 0 radical (unpaired) electrons. The van der Waals surface area contributed by atoms with Crippen LogP contribution in [0.5, 0.6) is 0 Å². The minimum atomic E-state index is -0.720. The van der Waals surface area contributed by atoms with Crippen LogP contribution < -0.4 is 0 Å². The monoisotopic (exact) mass is 506 g/mol. The Balaban J connectivity index is 1.98. The third kappa shape index (κ3) is 4.54. The summed E-state index contributed by atoms with van der Waals surface area (Å²) in [4.78, 5) is 11.5. The van der Waals surface area contributed by atoms with Crippen molar-refractivity contribution in [2.75, 3.05) is 0 Å². The molecule has 2 aromatic carbocycles. The second-order valence-electron chi connectivity index (χ2n) is 7.87. The lowest BCUT2D eigenvalue weighted by Crippen LogP contribution is -2.26. The van der Waals surface area contributed by atoms with Crippen LogP contribution in [0.4, 0.5) is 0 Å². The molecule has 0 fully saturated rings. The summed E-state index contributed by atoms with van der Waals surface area (Å²) in [5, 5.41) is 9.44.